The summed E-state index contributed by atoms with van der Waals surface area (Å²) in [6, 6.07) is 16.3. The first-order valence-electron chi connectivity index (χ1n) is 9.99. The summed E-state index contributed by atoms with van der Waals surface area (Å²) in [7, 11) is 0. The second-order valence-electron chi connectivity index (χ2n) is 7.72. The van der Waals surface area contributed by atoms with E-state index in [-0.39, 0.29) is 21.5 Å². The SMILES string of the molecule is O=C1c2ccccc2CN1Cc1ccc(/C=C/C(c2ccc(Cl)c(Cl)c2)C(F)(F)F)cc1Cl. The summed E-state index contributed by atoms with van der Waals surface area (Å²) in [4.78, 5) is 14.3. The molecule has 0 spiro atoms. The number of hydrogen-bond donors (Lipinski definition) is 0. The van der Waals surface area contributed by atoms with Crippen molar-refractivity contribution >= 4 is 46.8 Å². The van der Waals surface area contributed by atoms with Crippen molar-refractivity contribution in [1.82, 2.24) is 4.90 Å². The molecule has 4 rings (SSSR count). The van der Waals surface area contributed by atoms with Gasteiger partial charge in [0.05, 0.1) is 16.0 Å². The van der Waals surface area contributed by atoms with Gasteiger partial charge < -0.3 is 4.90 Å². The lowest BCUT2D eigenvalue weighted by atomic mass is 9.97. The molecule has 8 heteroatoms. The Labute approximate surface area is 204 Å². The third-order valence-corrected chi connectivity index (χ3v) is 6.56. The van der Waals surface area contributed by atoms with Gasteiger partial charge >= 0.3 is 6.18 Å². The monoisotopic (exact) mass is 509 g/mol. The van der Waals surface area contributed by atoms with Crippen molar-refractivity contribution in [3.63, 3.8) is 0 Å². The Morgan fingerprint density at radius 2 is 1.70 bits per heavy atom. The number of fused-ring (bicyclic) bond motifs is 1. The summed E-state index contributed by atoms with van der Waals surface area (Å²) >= 11 is 18.1. The van der Waals surface area contributed by atoms with Crippen molar-refractivity contribution in [2.24, 2.45) is 0 Å². The molecular weight excluding hydrogens is 494 g/mol. The van der Waals surface area contributed by atoms with E-state index in [1.807, 2.05) is 18.2 Å². The number of nitrogens with zero attached hydrogens (tertiary/aromatic N) is 1. The molecule has 3 aromatic rings. The zero-order valence-corrected chi connectivity index (χ0v) is 19.3. The van der Waals surface area contributed by atoms with Gasteiger partial charge in [-0.1, -0.05) is 83.4 Å². The van der Waals surface area contributed by atoms with E-state index in [9.17, 15) is 18.0 Å². The summed E-state index contributed by atoms with van der Waals surface area (Å²) in [5, 5.41) is 0.620. The van der Waals surface area contributed by atoms with E-state index >= 15 is 0 Å². The second kappa shape index (κ2) is 9.41. The van der Waals surface area contributed by atoms with E-state index in [1.165, 1.54) is 24.3 Å². The van der Waals surface area contributed by atoms with Crippen LogP contribution in [0.2, 0.25) is 15.1 Å². The summed E-state index contributed by atoms with van der Waals surface area (Å²) in [6.07, 6.45) is -2.08. The maximum atomic E-state index is 13.7. The van der Waals surface area contributed by atoms with Crippen LogP contribution in [0.15, 0.2) is 66.7 Å². The van der Waals surface area contributed by atoms with Crippen LogP contribution in [-0.2, 0) is 13.1 Å². The van der Waals surface area contributed by atoms with Gasteiger partial charge in [0.25, 0.3) is 5.91 Å². The zero-order chi connectivity index (χ0) is 23.8. The highest BCUT2D eigenvalue weighted by atomic mass is 35.5. The van der Waals surface area contributed by atoms with Crippen LogP contribution in [-0.4, -0.2) is 17.0 Å². The Morgan fingerprint density at radius 3 is 2.36 bits per heavy atom. The molecule has 170 valence electrons. The number of rotatable bonds is 5. The first-order valence-corrected chi connectivity index (χ1v) is 11.1. The largest absolute Gasteiger partial charge is 0.399 e. The van der Waals surface area contributed by atoms with Gasteiger partial charge in [-0.25, -0.2) is 0 Å². The van der Waals surface area contributed by atoms with Gasteiger partial charge in [-0.15, -0.1) is 0 Å². The molecule has 0 saturated heterocycles. The lowest BCUT2D eigenvalue weighted by molar-refractivity contribution is -0.139. The first-order chi connectivity index (χ1) is 15.6. The Kier molecular flexibility index (Phi) is 6.76. The van der Waals surface area contributed by atoms with Crippen molar-refractivity contribution in [1.29, 1.82) is 0 Å². The molecule has 1 atom stereocenters. The molecule has 1 aliphatic heterocycles. The predicted octanol–water partition coefficient (Wildman–Crippen LogP) is 8.16. The van der Waals surface area contributed by atoms with Crippen molar-refractivity contribution in [2.75, 3.05) is 0 Å². The third-order valence-electron chi connectivity index (χ3n) is 5.47. The number of carbonyl (C=O) groups is 1. The molecule has 0 aromatic heterocycles. The molecule has 0 fully saturated rings. The van der Waals surface area contributed by atoms with Crippen molar-refractivity contribution in [2.45, 2.75) is 25.2 Å². The minimum Gasteiger partial charge on any atom is -0.330 e. The van der Waals surface area contributed by atoms with E-state index in [2.05, 4.69) is 0 Å². The highest BCUT2D eigenvalue weighted by molar-refractivity contribution is 6.42. The summed E-state index contributed by atoms with van der Waals surface area (Å²) < 4.78 is 41.0. The molecule has 1 amide bonds. The highest BCUT2D eigenvalue weighted by Crippen LogP contribution is 2.38. The fourth-order valence-electron chi connectivity index (χ4n) is 3.77. The van der Waals surface area contributed by atoms with Crippen LogP contribution in [0.3, 0.4) is 0 Å². The minimum absolute atomic E-state index is 0.0111. The maximum absolute atomic E-state index is 13.7. The van der Waals surface area contributed by atoms with Gasteiger partial charge in [-0.05, 0) is 46.5 Å². The van der Waals surface area contributed by atoms with Gasteiger partial charge in [0.15, 0.2) is 0 Å². The fraction of sp³-hybridized carbons (Fsp3) is 0.160. The van der Waals surface area contributed by atoms with Gasteiger partial charge in [0.1, 0.15) is 0 Å². The molecule has 3 aromatic carbocycles. The quantitative estimate of drug-likeness (QED) is 0.339. The van der Waals surface area contributed by atoms with Gasteiger partial charge in [0, 0.05) is 23.7 Å². The molecule has 0 bridgehead atoms. The van der Waals surface area contributed by atoms with Crippen LogP contribution in [0.5, 0.6) is 0 Å². The Hall–Kier alpha value is -2.47. The van der Waals surface area contributed by atoms with Crippen LogP contribution in [0, 0.1) is 0 Å². The minimum atomic E-state index is -4.51. The molecule has 2 nitrogen and oxygen atoms in total. The fourth-order valence-corrected chi connectivity index (χ4v) is 4.32. The van der Waals surface area contributed by atoms with Crippen LogP contribution < -0.4 is 0 Å². The Bertz CT molecular complexity index is 1240. The van der Waals surface area contributed by atoms with Crippen LogP contribution in [0.1, 0.15) is 38.5 Å². The summed E-state index contributed by atoms with van der Waals surface area (Å²) in [6.45, 7) is 0.800. The van der Waals surface area contributed by atoms with Crippen molar-refractivity contribution < 1.29 is 18.0 Å². The molecule has 1 heterocycles. The number of halogens is 6. The van der Waals surface area contributed by atoms with Gasteiger partial charge in [-0.3, -0.25) is 4.79 Å². The van der Waals surface area contributed by atoms with Crippen LogP contribution in [0.25, 0.3) is 6.08 Å². The number of hydrogen-bond acceptors (Lipinski definition) is 1. The lowest BCUT2D eigenvalue weighted by Gasteiger charge is -2.18. The zero-order valence-electron chi connectivity index (χ0n) is 17.0. The average Bonchev–Trinajstić information content (AvgIpc) is 3.07. The highest BCUT2D eigenvalue weighted by Gasteiger charge is 2.39. The standard InChI is InChI=1S/C25H17Cl3F3NO/c26-21-10-8-16(12-23(21)28)20(25(29,30)31)9-6-15-5-7-18(22(27)11-15)14-32-13-17-3-1-2-4-19(17)24(32)33/h1-12,20H,13-14H2/b9-6+. The number of amides is 1. The molecule has 0 radical (unpaired) electrons. The average molecular weight is 511 g/mol. The number of allylic oxidation sites excluding steroid dienone is 1. The van der Waals surface area contributed by atoms with Crippen molar-refractivity contribution in [3.8, 4) is 0 Å². The van der Waals surface area contributed by atoms with Crippen LogP contribution in [0.4, 0.5) is 13.2 Å². The number of benzene rings is 3. The molecule has 0 N–H and O–H groups in total. The van der Waals surface area contributed by atoms with E-state index < -0.39 is 12.1 Å². The normalized spacial score (nSPS) is 14.7. The second-order valence-corrected chi connectivity index (χ2v) is 8.94. The predicted molar refractivity (Wildman–Crippen MR) is 126 cm³/mol. The molecule has 33 heavy (non-hydrogen) atoms. The molecule has 1 unspecified atom stereocenters. The number of carbonyl (C=O) groups excluding carboxylic acids is 1. The molecular formula is C25H17Cl3F3NO. The number of alkyl halides is 3. The molecule has 0 aliphatic carbocycles. The van der Waals surface area contributed by atoms with Crippen molar-refractivity contribution in [3.05, 3.63) is 110 Å². The van der Waals surface area contributed by atoms with Gasteiger partial charge in [-0.2, -0.15) is 13.2 Å². The van der Waals surface area contributed by atoms with Gasteiger partial charge in [0.2, 0.25) is 0 Å². The van der Waals surface area contributed by atoms with Crippen LogP contribution >= 0.6 is 34.8 Å². The summed E-state index contributed by atoms with van der Waals surface area (Å²) in [5.41, 5.74) is 2.84. The van der Waals surface area contributed by atoms with E-state index in [0.717, 1.165) is 11.6 Å². The Morgan fingerprint density at radius 1 is 0.939 bits per heavy atom. The smallest absolute Gasteiger partial charge is 0.330 e. The molecule has 0 saturated carbocycles. The first kappa shape index (κ1) is 23.7. The Balaban J connectivity index is 1.52. The van der Waals surface area contributed by atoms with E-state index in [0.29, 0.717) is 34.8 Å². The summed E-state index contributed by atoms with van der Waals surface area (Å²) in [5.74, 6) is -1.92. The van der Waals surface area contributed by atoms with E-state index in [1.54, 1.807) is 29.2 Å². The topological polar surface area (TPSA) is 20.3 Å². The van der Waals surface area contributed by atoms with E-state index in [4.69, 9.17) is 34.8 Å². The maximum Gasteiger partial charge on any atom is 0.399 e. The lowest BCUT2D eigenvalue weighted by Crippen LogP contribution is -2.23. The molecule has 1 aliphatic rings. The third kappa shape index (κ3) is 5.21.